The van der Waals surface area contributed by atoms with E-state index in [1.807, 2.05) is 44.2 Å². The average Bonchev–Trinajstić information content (AvgIpc) is 2.53. The molecule has 0 aliphatic heterocycles. The second kappa shape index (κ2) is 7.33. The topological polar surface area (TPSA) is 42.4 Å². The Labute approximate surface area is 135 Å². The first kappa shape index (κ1) is 17.1. The van der Waals surface area contributed by atoms with Gasteiger partial charge in [0, 0.05) is 19.9 Å². The summed E-state index contributed by atoms with van der Waals surface area (Å²) in [6.45, 7) is 4.52. The highest BCUT2D eigenvalue weighted by molar-refractivity contribution is 5.94. The van der Waals surface area contributed by atoms with Crippen molar-refractivity contribution in [1.29, 1.82) is 0 Å². The summed E-state index contributed by atoms with van der Waals surface area (Å²) in [7, 11) is 1.58. The highest BCUT2D eigenvalue weighted by Crippen LogP contribution is 2.22. The summed E-state index contributed by atoms with van der Waals surface area (Å²) in [5, 5.41) is 0. The van der Waals surface area contributed by atoms with E-state index >= 15 is 0 Å². The van der Waals surface area contributed by atoms with Crippen molar-refractivity contribution in [3.8, 4) is 0 Å². The minimum absolute atomic E-state index is 0.0140. The standard InChI is InChI=1S/C18H21FN2O2/c1-18(2,13-23-3)21(12-14-7-5-4-6-8-14)17(22)15-9-10-20-11-16(15)19/h4-11H,12-13H2,1-3H3. The quantitative estimate of drug-likeness (QED) is 0.821. The number of carbonyl (C=O) groups excluding carboxylic acids is 1. The third-order valence-corrected chi connectivity index (χ3v) is 3.66. The lowest BCUT2D eigenvalue weighted by Crippen LogP contribution is -2.50. The molecule has 0 fully saturated rings. The largest absolute Gasteiger partial charge is 0.382 e. The maximum atomic E-state index is 14.0. The predicted octanol–water partition coefficient (Wildman–Crippen LogP) is 3.29. The molecular formula is C18H21FN2O2. The number of pyridine rings is 1. The van der Waals surface area contributed by atoms with Crippen LogP contribution in [0.1, 0.15) is 29.8 Å². The predicted molar refractivity (Wildman–Crippen MR) is 86.5 cm³/mol. The minimum atomic E-state index is -0.622. The minimum Gasteiger partial charge on any atom is -0.382 e. The molecule has 0 spiro atoms. The van der Waals surface area contributed by atoms with E-state index < -0.39 is 11.4 Å². The lowest BCUT2D eigenvalue weighted by Gasteiger charge is -2.38. The van der Waals surface area contributed by atoms with Crippen LogP contribution >= 0.6 is 0 Å². The van der Waals surface area contributed by atoms with Crippen LogP contribution in [-0.4, -0.2) is 35.0 Å². The van der Waals surface area contributed by atoms with E-state index in [1.165, 1.54) is 12.3 Å². The molecular weight excluding hydrogens is 295 g/mol. The number of carbonyl (C=O) groups is 1. The summed E-state index contributed by atoms with van der Waals surface area (Å²) in [6, 6.07) is 11.0. The number of hydrogen-bond donors (Lipinski definition) is 0. The maximum Gasteiger partial charge on any atom is 0.257 e. The number of nitrogens with zero attached hydrogens (tertiary/aromatic N) is 2. The van der Waals surface area contributed by atoms with E-state index in [1.54, 1.807) is 12.0 Å². The van der Waals surface area contributed by atoms with Gasteiger partial charge in [-0.15, -0.1) is 0 Å². The van der Waals surface area contributed by atoms with Gasteiger partial charge in [-0.3, -0.25) is 9.78 Å². The average molecular weight is 316 g/mol. The summed E-state index contributed by atoms with van der Waals surface area (Å²) < 4.78 is 19.2. The summed E-state index contributed by atoms with van der Waals surface area (Å²) in [5.74, 6) is -1.00. The Balaban J connectivity index is 2.37. The van der Waals surface area contributed by atoms with Gasteiger partial charge in [-0.2, -0.15) is 0 Å². The van der Waals surface area contributed by atoms with Gasteiger partial charge in [0.05, 0.1) is 23.9 Å². The Hall–Kier alpha value is -2.27. The zero-order valence-electron chi connectivity index (χ0n) is 13.6. The Kier molecular flexibility index (Phi) is 5.45. The zero-order chi connectivity index (χ0) is 16.9. The molecule has 122 valence electrons. The third kappa shape index (κ3) is 4.13. The van der Waals surface area contributed by atoms with Gasteiger partial charge in [0.25, 0.3) is 5.91 Å². The Morgan fingerprint density at radius 2 is 1.96 bits per heavy atom. The van der Waals surface area contributed by atoms with Crippen LogP contribution in [0.15, 0.2) is 48.8 Å². The van der Waals surface area contributed by atoms with E-state index in [0.29, 0.717) is 13.2 Å². The van der Waals surface area contributed by atoms with E-state index in [9.17, 15) is 9.18 Å². The molecule has 0 atom stereocenters. The molecule has 0 saturated carbocycles. The Morgan fingerprint density at radius 1 is 1.26 bits per heavy atom. The molecule has 1 aromatic heterocycles. The van der Waals surface area contributed by atoms with E-state index in [-0.39, 0.29) is 11.5 Å². The molecule has 1 amide bonds. The summed E-state index contributed by atoms with van der Waals surface area (Å²) in [6.07, 6.45) is 2.47. The van der Waals surface area contributed by atoms with Gasteiger partial charge in [-0.1, -0.05) is 30.3 Å². The molecule has 23 heavy (non-hydrogen) atoms. The number of ether oxygens (including phenoxy) is 1. The monoisotopic (exact) mass is 316 g/mol. The molecule has 0 radical (unpaired) electrons. The third-order valence-electron chi connectivity index (χ3n) is 3.66. The molecule has 0 saturated heterocycles. The van der Waals surface area contributed by atoms with Crippen molar-refractivity contribution < 1.29 is 13.9 Å². The number of rotatable bonds is 6. The molecule has 4 nitrogen and oxygen atoms in total. The van der Waals surface area contributed by atoms with Crippen LogP contribution in [-0.2, 0) is 11.3 Å². The van der Waals surface area contributed by atoms with E-state index in [2.05, 4.69) is 4.98 Å². The van der Waals surface area contributed by atoms with Crippen LogP contribution in [0.3, 0.4) is 0 Å². The van der Waals surface area contributed by atoms with Crippen LogP contribution in [0.2, 0.25) is 0 Å². The van der Waals surface area contributed by atoms with Gasteiger partial charge in [0.15, 0.2) is 5.82 Å². The van der Waals surface area contributed by atoms with Crippen LogP contribution in [0.25, 0.3) is 0 Å². The van der Waals surface area contributed by atoms with Crippen molar-refractivity contribution in [2.75, 3.05) is 13.7 Å². The first-order chi connectivity index (χ1) is 11.0. The van der Waals surface area contributed by atoms with Crippen molar-refractivity contribution in [2.45, 2.75) is 25.9 Å². The molecule has 0 bridgehead atoms. The molecule has 0 aliphatic rings. The van der Waals surface area contributed by atoms with Crippen LogP contribution in [0.5, 0.6) is 0 Å². The second-order valence-electron chi connectivity index (χ2n) is 5.98. The van der Waals surface area contributed by atoms with Gasteiger partial charge in [-0.05, 0) is 25.5 Å². The number of halogens is 1. The van der Waals surface area contributed by atoms with Gasteiger partial charge >= 0.3 is 0 Å². The first-order valence-corrected chi connectivity index (χ1v) is 7.40. The summed E-state index contributed by atoms with van der Waals surface area (Å²) in [5.41, 5.74) is 0.400. The highest BCUT2D eigenvalue weighted by atomic mass is 19.1. The number of hydrogen-bond acceptors (Lipinski definition) is 3. The lowest BCUT2D eigenvalue weighted by atomic mass is 10.0. The van der Waals surface area contributed by atoms with Crippen molar-refractivity contribution in [3.05, 3.63) is 65.7 Å². The Bertz CT molecular complexity index is 659. The number of methoxy groups -OCH3 is 1. The van der Waals surface area contributed by atoms with Crippen molar-refractivity contribution >= 4 is 5.91 Å². The number of amides is 1. The zero-order valence-corrected chi connectivity index (χ0v) is 13.6. The van der Waals surface area contributed by atoms with Gasteiger partial charge < -0.3 is 9.64 Å². The molecule has 0 unspecified atom stereocenters. The number of benzene rings is 1. The highest BCUT2D eigenvalue weighted by Gasteiger charge is 2.32. The molecule has 0 N–H and O–H groups in total. The van der Waals surface area contributed by atoms with Crippen LogP contribution in [0, 0.1) is 5.82 Å². The van der Waals surface area contributed by atoms with Crippen molar-refractivity contribution in [1.82, 2.24) is 9.88 Å². The number of aromatic nitrogens is 1. The van der Waals surface area contributed by atoms with E-state index in [0.717, 1.165) is 11.8 Å². The van der Waals surface area contributed by atoms with Gasteiger partial charge in [0.1, 0.15) is 0 Å². The molecule has 0 aliphatic carbocycles. The fraction of sp³-hybridized carbons (Fsp3) is 0.333. The van der Waals surface area contributed by atoms with Gasteiger partial charge in [-0.25, -0.2) is 4.39 Å². The summed E-state index contributed by atoms with van der Waals surface area (Å²) in [4.78, 5) is 18.2. The SMILES string of the molecule is COCC(C)(C)N(Cc1ccccc1)C(=O)c1ccncc1F. The van der Waals surface area contributed by atoms with Crippen molar-refractivity contribution in [3.63, 3.8) is 0 Å². The molecule has 2 aromatic rings. The maximum absolute atomic E-state index is 14.0. The smallest absolute Gasteiger partial charge is 0.257 e. The van der Waals surface area contributed by atoms with Crippen LogP contribution in [0.4, 0.5) is 4.39 Å². The van der Waals surface area contributed by atoms with Crippen LogP contribution < -0.4 is 0 Å². The molecule has 1 aromatic carbocycles. The molecule has 1 heterocycles. The lowest BCUT2D eigenvalue weighted by molar-refractivity contribution is 0.0227. The fourth-order valence-corrected chi connectivity index (χ4v) is 2.45. The van der Waals surface area contributed by atoms with Gasteiger partial charge in [0.2, 0.25) is 0 Å². The van der Waals surface area contributed by atoms with E-state index in [4.69, 9.17) is 4.74 Å². The Morgan fingerprint density at radius 3 is 2.57 bits per heavy atom. The second-order valence-corrected chi connectivity index (χ2v) is 5.98. The van der Waals surface area contributed by atoms with Crippen molar-refractivity contribution in [2.24, 2.45) is 0 Å². The summed E-state index contributed by atoms with van der Waals surface area (Å²) >= 11 is 0. The molecule has 2 rings (SSSR count). The fourth-order valence-electron chi connectivity index (χ4n) is 2.45. The first-order valence-electron chi connectivity index (χ1n) is 7.40. The normalized spacial score (nSPS) is 11.3. The molecule has 5 heteroatoms.